The number of amides is 2. The molecule has 0 radical (unpaired) electrons. The van der Waals surface area contributed by atoms with Crippen LogP contribution in [0.1, 0.15) is 43.6 Å². The Morgan fingerprint density at radius 3 is 2.48 bits per heavy atom. The Balaban J connectivity index is 1.73. The van der Waals surface area contributed by atoms with E-state index in [9.17, 15) is 9.59 Å². The molecule has 2 aliphatic rings. The number of hydrogen-bond donors (Lipinski definition) is 1. The maximum Gasteiger partial charge on any atom is 0.246 e. The number of carbonyl (C=O) groups is 2. The Labute approximate surface area is 190 Å². The first kappa shape index (κ1) is 20.4. The third kappa shape index (κ3) is 3.14. The highest BCUT2D eigenvalue weighted by molar-refractivity contribution is 6.42. The molecule has 0 aliphatic carbocycles. The molecule has 5 rings (SSSR count). The van der Waals surface area contributed by atoms with Gasteiger partial charge in [-0.05, 0) is 50.1 Å². The fraction of sp³-hybridized carbons (Fsp3) is 0.333. The summed E-state index contributed by atoms with van der Waals surface area (Å²) < 4.78 is 0. The summed E-state index contributed by atoms with van der Waals surface area (Å²) in [6, 6.07) is 12.5. The maximum atomic E-state index is 13.6. The fourth-order valence-electron chi connectivity index (χ4n) is 4.86. The van der Waals surface area contributed by atoms with Gasteiger partial charge in [-0.2, -0.15) is 0 Å². The number of H-pyrrole nitrogens is 1. The van der Waals surface area contributed by atoms with Crippen LogP contribution >= 0.6 is 23.2 Å². The number of nitrogens with zero attached hydrogens (tertiary/aromatic N) is 2. The van der Waals surface area contributed by atoms with Crippen LogP contribution in [0.3, 0.4) is 0 Å². The summed E-state index contributed by atoms with van der Waals surface area (Å²) in [5, 5.41) is 1.95. The Kier molecular flexibility index (Phi) is 4.61. The number of rotatable bonds is 1. The van der Waals surface area contributed by atoms with Crippen molar-refractivity contribution in [2.45, 2.75) is 44.8 Å². The summed E-state index contributed by atoms with van der Waals surface area (Å²) in [4.78, 5) is 34.0. The molecule has 1 saturated heterocycles. The number of benzene rings is 2. The SMILES string of the molecule is CC(C)(C)N1CC(=O)N2[C@H](c3ccc(Cl)c(Cl)c3)c3[nH]c4ccccc4c3C[C@@H]2C1=O. The van der Waals surface area contributed by atoms with Gasteiger partial charge in [0, 0.05) is 28.6 Å². The van der Waals surface area contributed by atoms with Crippen molar-refractivity contribution in [1.82, 2.24) is 14.8 Å². The number of halogens is 2. The van der Waals surface area contributed by atoms with Crippen LogP contribution in [0.15, 0.2) is 42.5 Å². The lowest BCUT2D eigenvalue weighted by molar-refractivity contribution is -0.163. The molecule has 0 spiro atoms. The number of aromatic nitrogens is 1. The number of para-hydroxylation sites is 1. The molecule has 2 aromatic carbocycles. The molecule has 0 unspecified atom stereocenters. The van der Waals surface area contributed by atoms with Crippen molar-refractivity contribution in [3.8, 4) is 0 Å². The van der Waals surface area contributed by atoms with Gasteiger partial charge in [0.05, 0.1) is 16.1 Å². The van der Waals surface area contributed by atoms with Gasteiger partial charge in [0.2, 0.25) is 11.8 Å². The number of piperazine rings is 1. The van der Waals surface area contributed by atoms with E-state index in [1.54, 1.807) is 21.9 Å². The molecule has 2 aliphatic heterocycles. The second kappa shape index (κ2) is 7.01. The molecular formula is C24H23Cl2N3O2. The van der Waals surface area contributed by atoms with E-state index in [-0.39, 0.29) is 18.4 Å². The molecule has 0 saturated carbocycles. The minimum Gasteiger partial charge on any atom is -0.356 e. The molecule has 1 aromatic heterocycles. The number of hydrogen-bond acceptors (Lipinski definition) is 2. The Bertz CT molecular complexity index is 1230. The van der Waals surface area contributed by atoms with Gasteiger partial charge in [0.25, 0.3) is 0 Å². The minimum atomic E-state index is -0.563. The van der Waals surface area contributed by atoms with Gasteiger partial charge in [-0.25, -0.2) is 0 Å². The van der Waals surface area contributed by atoms with Crippen LogP contribution in [-0.4, -0.2) is 44.7 Å². The van der Waals surface area contributed by atoms with Crippen molar-refractivity contribution < 1.29 is 9.59 Å². The van der Waals surface area contributed by atoms with E-state index in [4.69, 9.17) is 23.2 Å². The number of carbonyl (C=O) groups excluding carboxylic acids is 2. The first-order valence-electron chi connectivity index (χ1n) is 10.3. The minimum absolute atomic E-state index is 0.0203. The standard InChI is InChI=1S/C24H23Cl2N3O2/c1-24(2,3)28-12-20(30)29-19(23(28)31)11-15-14-6-4-5-7-18(14)27-21(15)22(29)13-8-9-16(25)17(26)10-13/h4-10,19,22,27H,11-12H2,1-3H3/t19-,22-/m1/s1. The van der Waals surface area contributed by atoms with Crippen molar-refractivity contribution in [2.24, 2.45) is 0 Å². The first-order chi connectivity index (χ1) is 14.7. The zero-order chi connectivity index (χ0) is 22.1. The normalized spacial score (nSPS) is 21.5. The highest BCUT2D eigenvalue weighted by atomic mass is 35.5. The second-order valence-corrected chi connectivity index (χ2v) is 10.1. The lowest BCUT2D eigenvalue weighted by atomic mass is 9.85. The number of fused-ring (bicyclic) bond motifs is 4. The molecule has 2 amide bonds. The summed E-state index contributed by atoms with van der Waals surface area (Å²) in [7, 11) is 0. The van der Waals surface area contributed by atoms with E-state index in [2.05, 4.69) is 11.1 Å². The smallest absolute Gasteiger partial charge is 0.246 e. The molecule has 5 nitrogen and oxygen atoms in total. The summed E-state index contributed by atoms with van der Waals surface area (Å²) in [5.41, 5.74) is 3.39. The van der Waals surface area contributed by atoms with Crippen LogP contribution < -0.4 is 0 Å². The van der Waals surface area contributed by atoms with Crippen LogP contribution in [0.25, 0.3) is 10.9 Å². The average molecular weight is 456 g/mol. The summed E-state index contributed by atoms with van der Waals surface area (Å²) in [6.45, 7) is 5.95. The monoisotopic (exact) mass is 455 g/mol. The lowest BCUT2D eigenvalue weighted by Crippen LogP contribution is -2.66. The predicted octanol–water partition coefficient (Wildman–Crippen LogP) is 4.96. The first-order valence-corrected chi connectivity index (χ1v) is 11.1. The van der Waals surface area contributed by atoms with Crippen LogP contribution in [0.2, 0.25) is 10.0 Å². The average Bonchev–Trinajstić information content (AvgIpc) is 3.09. The van der Waals surface area contributed by atoms with Gasteiger partial charge in [-0.15, -0.1) is 0 Å². The molecular weight excluding hydrogens is 433 g/mol. The molecule has 3 heterocycles. The van der Waals surface area contributed by atoms with Gasteiger partial charge in [0.1, 0.15) is 12.6 Å². The van der Waals surface area contributed by atoms with Gasteiger partial charge in [-0.1, -0.05) is 47.5 Å². The molecule has 1 fully saturated rings. The van der Waals surface area contributed by atoms with Crippen LogP contribution in [0.4, 0.5) is 0 Å². The zero-order valence-corrected chi connectivity index (χ0v) is 19.1. The third-order valence-electron chi connectivity index (χ3n) is 6.33. The zero-order valence-electron chi connectivity index (χ0n) is 17.6. The lowest BCUT2D eigenvalue weighted by Gasteiger charge is -2.50. The largest absolute Gasteiger partial charge is 0.356 e. The molecule has 7 heteroatoms. The highest BCUT2D eigenvalue weighted by Crippen LogP contribution is 2.44. The van der Waals surface area contributed by atoms with E-state index in [1.807, 2.05) is 45.0 Å². The van der Waals surface area contributed by atoms with Crippen molar-refractivity contribution in [3.05, 3.63) is 69.3 Å². The van der Waals surface area contributed by atoms with E-state index < -0.39 is 17.6 Å². The van der Waals surface area contributed by atoms with Crippen molar-refractivity contribution in [2.75, 3.05) is 6.54 Å². The van der Waals surface area contributed by atoms with Crippen molar-refractivity contribution in [3.63, 3.8) is 0 Å². The van der Waals surface area contributed by atoms with E-state index >= 15 is 0 Å². The Morgan fingerprint density at radius 2 is 1.77 bits per heavy atom. The molecule has 1 N–H and O–H groups in total. The van der Waals surface area contributed by atoms with E-state index in [1.165, 1.54) is 0 Å². The molecule has 160 valence electrons. The quantitative estimate of drug-likeness (QED) is 0.563. The molecule has 3 aromatic rings. The Hall–Kier alpha value is -2.50. The van der Waals surface area contributed by atoms with Gasteiger partial charge >= 0.3 is 0 Å². The maximum absolute atomic E-state index is 13.6. The third-order valence-corrected chi connectivity index (χ3v) is 7.07. The number of nitrogens with one attached hydrogen (secondary N) is 1. The topological polar surface area (TPSA) is 56.4 Å². The second-order valence-electron chi connectivity index (χ2n) is 9.26. The molecule has 2 atom stereocenters. The fourth-order valence-corrected chi connectivity index (χ4v) is 5.17. The predicted molar refractivity (Wildman–Crippen MR) is 122 cm³/mol. The van der Waals surface area contributed by atoms with Crippen molar-refractivity contribution in [1.29, 1.82) is 0 Å². The van der Waals surface area contributed by atoms with Crippen LogP contribution in [0, 0.1) is 0 Å². The van der Waals surface area contributed by atoms with Crippen LogP contribution in [-0.2, 0) is 16.0 Å². The van der Waals surface area contributed by atoms with E-state index in [0.717, 1.165) is 27.7 Å². The molecule has 31 heavy (non-hydrogen) atoms. The summed E-state index contributed by atoms with van der Waals surface area (Å²) >= 11 is 12.5. The Morgan fingerprint density at radius 1 is 1.03 bits per heavy atom. The van der Waals surface area contributed by atoms with Crippen LogP contribution in [0.5, 0.6) is 0 Å². The molecule has 0 bridgehead atoms. The number of aromatic amines is 1. The summed E-state index contributed by atoms with van der Waals surface area (Å²) in [5.74, 6) is -0.0898. The van der Waals surface area contributed by atoms with E-state index in [0.29, 0.717) is 16.5 Å². The van der Waals surface area contributed by atoms with Crippen molar-refractivity contribution >= 4 is 45.9 Å². The summed E-state index contributed by atoms with van der Waals surface area (Å²) in [6.07, 6.45) is 0.480. The van der Waals surface area contributed by atoms with Gasteiger partial charge in [-0.3, -0.25) is 9.59 Å². The highest BCUT2D eigenvalue weighted by Gasteiger charge is 2.50. The van der Waals surface area contributed by atoms with Gasteiger partial charge < -0.3 is 14.8 Å². The van der Waals surface area contributed by atoms with Gasteiger partial charge in [0.15, 0.2) is 0 Å².